The first-order chi connectivity index (χ1) is 11.8. The summed E-state index contributed by atoms with van der Waals surface area (Å²) in [5.41, 5.74) is 5.29. The fraction of sp³-hybridized carbons (Fsp3) is 0.381. The second-order valence-electron chi connectivity index (χ2n) is 7.02. The van der Waals surface area contributed by atoms with Gasteiger partial charge in [0.25, 0.3) is 0 Å². The van der Waals surface area contributed by atoms with Gasteiger partial charge in [-0.3, -0.25) is 9.89 Å². The lowest BCUT2D eigenvalue weighted by Crippen LogP contribution is -2.43. The van der Waals surface area contributed by atoms with Crippen LogP contribution in [0.25, 0.3) is 0 Å². The highest BCUT2D eigenvalue weighted by Gasteiger charge is 2.44. The van der Waals surface area contributed by atoms with Crippen molar-refractivity contribution in [3.8, 4) is 0 Å². The van der Waals surface area contributed by atoms with E-state index >= 15 is 0 Å². The normalized spacial score (nSPS) is 21.3. The molecule has 1 aliphatic heterocycles. The second kappa shape index (κ2) is 6.50. The molecule has 124 valence electrons. The van der Waals surface area contributed by atoms with Crippen molar-refractivity contribution in [2.75, 3.05) is 19.8 Å². The summed E-state index contributed by atoms with van der Waals surface area (Å²) in [5.74, 6) is 0. The van der Waals surface area contributed by atoms with E-state index in [1.54, 1.807) is 0 Å². The Hall–Kier alpha value is -1.97. The molecule has 1 N–H and O–H groups in total. The van der Waals surface area contributed by atoms with E-state index in [-0.39, 0.29) is 12.1 Å². The Labute approximate surface area is 143 Å². The number of piperidine rings is 1. The number of rotatable bonds is 3. The molecule has 3 heteroatoms. The number of aliphatic hydroxyl groups excluding tert-OH is 1. The molecule has 0 saturated carbocycles. The minimum atomic E-state index is -0.112. The minimum Gasteiger partial charge on any atom is -0.375 e. The molecule has 2 aromatic carbocycles. The fourth-order valence-corrected chi connectivity index (χ4v) is 4.36. The lowest BCUT2D eigenvalue weighted by molar-refractivity contribution is 0.148. The van der Waals surface area contributed by atoms with Crippen LogP contribution in [0.4, 0.5) is 0 Å². The van der Waals surface area contributed by atoms with Crippen LogP contribution in [0.15, 0.2) is 59.6 Å². The van der Waals surface area contributed by atoms with E-state index in [1.807, 2.05) is 0 Å². The maximum absolute atomic E-state index is 9.42. The van der Waals surface area contributed by atoms with E-state index in [4.69, 9.17) is 0 Å². The van der Waals surface area contributed by atoms with E-state index in [0.29, 0.717) is 0 Å². The molecular weight excluding hydrogens is 296 g/mol. The third-order valence-electron chi connectivity index (χ3n) is 5.59. The largest absolute Gasteiger partial charge is 0.375 e. The first-order valence-electron chi connectivity index (χ1n) is 8.81. The zero-order valence-corrected chi connectivity index (χ0v) is 14.0. The third-order valence-corrected chi connectivity index (χ3v) is 5.59. The van der Waals surface area contributed by atoms with Crippen molar-refractivity contribution in [3.05, 3.63) is 71.3 Å². The predicted molar refractivity (Wildman–Crippen MR) is 97.2 cm³/mol. The minimum absolute atomic E-state index is 0.112. The van der Waals surface area contributed by atoms with Crippen molar-refractivity contribution in [1.29, 1.82) is 0 Å². The Bertz CT molecular complexity index is 731. The number of aliphatic imine (C=N–C) groups is 1. The number of fused-ring (bicyclic) bond motifs is 1. The van der Waals surface area contributed by atoms with E-state index in [0.717, 1.165) is 44.6 Å². The molecule has 0 unspecified atom stereocenters. The lowest BCUT2D eigenvalue weighted by atomic mass is 9.74. The molecule has 1 fully saturated rings. The highest BCUT2D eigenvalue weighted by atomic mass is 16.3. The van der Waals surface area contributed by atoms with Gasteiger partial charge in [0, 0.05) is 12.0 Å². The van der Waals surface area contributed by atoms with Crippen molar-refractivity contribution in [2.45, 2.75) is 25.8 Å². The second-order valence-corrected chi connectivity index (χ2v) is 7.02. The average molecular weight is 320 g/mol. The van der Waals surface area contributed by atoms with Crippen LogP contribution in [0.2, 0.25) is 0 Å². The van der Waals surface area contributed by atoms with E-state index in [2.05, 4.69) is 64.5 Å². The van der Waals surface area contributed by atoms with E-state index < -0.39 is 0 Å². The number of aliphatic hydroxyl groups is 1. The van der Waals surface area contributed by atoms with Crippen LogP contribution in [0.1, 0.15) is 29.5 Å². The molecule has 1 spiro atoms. The number of nitrogens with zero attached hydrogens (tertiary/aromatic N) is 2. The van der Waals surface area contributed by atoms with Gasteiger partial charge in [0.05, 0.1) is 5.71 Å². The van der Waals surface area contributed by atoms with Gasteiger partial charge in [0.2, 0.25) is 0 Å². The average Bonchev–Trinajstić information content (AvgIpc) is 2.92. The molecule has 0 radical (unpaired) electrons. The van der Waals surface area contributed by atoms with Gasteiger partial charge in [-0.1, -0.05) is 54.6 Å². The molecule has 3 nitrogen and oxygen atoms in total. The summed E-state index contributed by atoms with van der Waals surface area (Å²) in [6.45, 7) is 3.09. The molecule has 2 aromatic rings. The quantitative estimate of drug-likeness (QED) is 0.942. The Morgan fingerprint density at radius 2 is 1.67 bits per heavy atom. The van der Waals surface area contributed by atoms with E-state index in [1.165, 1.54) is 16.7 Å². The van der Waals surface area contributed by atoms with Crippen molar-refractivity contribution < 1.29 is 5.11 Å². The van der Waals surface area contributed by atoms with Gasteiger partial charge < -0.3 is 5.11 Å². The first kappa shape index (κ1) is 15.6. The standard InChI is InChI=1S/C21H24N2O/c24-16-22-20-19-9-5-4-8-18(19)14-21(20)10-12-23(13-11-21)15-17-6-2-1-3-7-17/h1-9,24H,10-16H2. The molecule has 0 amide bonds. The van der Waals surface area contributed by atoms with Crippen LogP contribution in [0, 0.1) is 5.41 Å². The fourth-order valence-electron chi connectivity index (χ4n) is 4.36. The number of likely N-dealkylation sites (tertiary alicyclic amines) is 1. The summed E-state index contributed by atoms with van der Waals surface area (Å²) in [6.07, 6.45) is 3.31. The van der Waals surface area contributed by atoms with E-state index in [9.17, 15) is 5.11 Å². The molecule has 0 atom stereocenters. The summed E-state index contributed by atoms with van der Waals surface area (Å²) in [5, 5.41) is 9.42. The van der Waals surface area contributed by atoms with Crippen molar-refractivity contribution in [1.82, 2.24) is 4.90 Å². The Kier molecular flexibility index (Phi) is 4.21. The Balaban J connectivity index is 1.51. The highest BCUT2D eigenvalue weighted by molar-refractivity contribution is 6.08. The summed E-state index contributed by atoms with van der Waals surface area (Å²) in [4.78, 5) is 7.05. The topological polar surface area (TPSA) is 35.8 Å². The van der Waals surface area contributed by atoms with Crippen LogP contribution in [-0.4, -0.2) is 35.5 Å². The zero-order valence-electron chi connectivity index (χ0n) is 14.0. The van der Waals surface area contributed by atoms with Gasteiger partial charge >= 0.3 is 0 Å². The van der Waals surface area contributed by atoms with Crippen LogP contribution >= 0.6 is 0 Å². The molecule has 2 aliphatic rings. The molecule has 4 rings (SSSR count). The summed E-state index contributed by atoms with van der Waals surface area (Å²) in [6, 6.07) is 19.3. The first-order valence-corrected chi connectivity index (χ1v) is 8.81. The van der Waals surface area contributed by atoms with Crippen LogP contribution in [0.5, 0.6) is 0 Å². The molecule has 1 aliphatic carbocycles. The van der Waals surface area contributed by atoms with Crippen LogP contribution < -0.4 is 0 Å². The molecule has 1 saturated heterocycles. The molecule has 0 bridgehead atoms. The maximum Gasteiger partial charge on any atom is 0.134 e. The van der Waals surface area contributed by atoms with Gasteiger partial charge in [-0.05, 0) is 49.0 Å². The van der Waals surface area contributed by atoms with Crippen LogP contribution in [0.3, 0.4) is 0 Å². The third kappa shape index (κ3) is 2.79. The molecule has 24 heavy (non-hydrogen) atoms. The molecule has 1 heterocycles. The highest BCUT2D eigenvalue weighted by Crippen LogP contribution is 2.45. The van der Waals surface area contributed by atoms with Crippen molar-refractivity contribution in [3.63, 3.8) is 0 Å². The number of benzene rings is 2. The Morgan fingerprint density at radius 1 is 0.958 bits per heavy atom. The van der Waals surface area contributed by atoms with Gasteiger partial charge in [-0.2, -0.15) is 0 Å². The summed E-state index contributed by atoms with van der Waals surface area (Å²) >= 11 is 0. The number of hydrogen-bond acceptors (Lipinski definition) is 3. The van der Waals surface area contributed by atoms with Crippen molar-refractivity contribution in [2.24, 2.45) is 10.4 Å². The summed E-state index contributed by atoms with van der Waals surface area (Å²) in [7, 11) is 0. The smallest absolute Gasteiger partial charge is 0.134 e. The monoisotopic (exact) mass is 320 g/mol. The predicted octanol–water partition coefficient (Wildman–Crippen LogP) is 3.26. The van der Waals surface area contributed by atoms with Gasteiger partial charge in [-0.25, -0.2) is 0 Å². The number of hydrogen-bond donors (Lipinski definition) is 1. The maximum atomic E-state index is 9.42. The molecule has 0 aromatic heterocycles. The SMILES string of the molecule is OCN=C1c2ccccc2CC12CCN(Cc1ccccc1)CC2. The molecular formula is C21H24N2O. The van der Waals surface area contributed by atoms with Gasteiger partial charge in [0.15, 0.2) is 0 Å². The van der Waals surface area contributed by atoms with Gasteiger partial charge in [0.1, 0.15) is 6.73 Å². The van der Waals surface area contributed by atoms with Crippen LogP contribution in [-0.2, 0) is 13.0 Å². The van der Waals surface area contributed by atoms with Crippen molar-refractivity contribution >= 4 is 5.71 Å². The van der Waals surface area contributed by atoms with Gasteiger partial charge in [-0.15, -0.1) is 0 Å². The lowest BCUT2D eigenvalue weighted by Gasteiger charge is -2.40. The summed E-state index contributed by atoms with van der Waals surface area (Å²) < 4.78 is 0. The zero-order chi connectivity index (χ0) is 16.4. The Morgan fingerprint density at radius 3 is 2.42 bits per heavy atom.